The monoisotopic (exact) mass is 604 g/mol. The summed E-state index contributed by atoms with van der Waals surface area (Å²) in [5, 5.41) is 5.23. The summed E-state index contributed by atoms with van der Waals surface area (Å²) in [5.41, 5.74) is 8.70. The minimum absolute atomic E-state index is 0.00309. The van der Waals surface area contributed by atoms with E-state index in [0.29, 0.717) is 47.6 Å². The molecule has 5 rings (SSSR count). The number of pyridine rings is 1. The van der Waals surface area contributed by atoms with E-state index in [9.17, 15) is 4.79 Å². The van der Waals surface area contributed by atoms with E-state index < -0.39 is 5.60 Å². The summed E-state index contributed by atoms with van der Waals surface area (Å²) < 4.78 is 12.8. The Morgan fingerprint density at radius 1 is 1.15 bits per heavy atom. The van der Waals surface area contributed by atoms with Crippen LogP contribution in [0.2, 0.25) is 0 Å². The number of nitrogens with zero attached hydrogens (tertiary/aromatic N) is 4. The van der Waals surface area contributed by atoms with Crippen LogP contribution in [0.25, 0.3) is 22.0 Å². The van der Waals surface area contributed by atoms with Crippen molar-refractivity contribution >= 4 is 44.4 Å². The molecule has 9 nitrogen and oxygen atoms in total. The Hall–Kier alpha value is -3.92. The molecule has 0 aliphatic carbocycles. The Balaban J connectivity index is 1.40. The molecule has 1 aliphatic rings. The fourth-order valence-electron chi connectivity index (χ4n) is 4.74. The molecular formula is C30H33BrN6O3. The van der Waals surface area contributed by atoms with Gasteiger partial charge >= 0.3 is 6.09 Å². The maximum absolute atomic E-state index is 12.6. The van der Waals surface area contributed by atoms with E-state index in [1.165, 1.54) is 0 Å². The topological polar surface area (TPSA) is 115 Å². The molecule has 1 amide bonds. The number of rotatable bonds is 5. The lowest BCUT2D eigenvalue weighted by molar-refractivity contribution is 0.0206. The van der Waals surface area contributed by atoms with E-state index in [-0.39, 0.29) is 12.1 Å². The lowest BCUT2D eigenvalue weighted by Crippen LogP contribution is -2.47. The molecule has 1 fully saturated rings. The van der Waals surface area contributed by atoms with Crippen molar-refractivity contribution in [3.05, 3.63) is 64.9 Å². The zero-order valence-electron chi connectivity index (χ0n) is 23.1. The zero-order chi connectivity index (χ0) is 28.4. The number of carbonyl (C=O) groups is 1. The summed E-state index contributed by atoms with van der Waals surface area (Å²) in [7, 11) is 0. The Morgan fingerprint density at radius 3 is 2.77 bits per heavy atom. The van der Waals surface area contributed by atoms with E-state index in [4.69, 9.17) is 20.2 Å². The van der Waals surface area contributed by atoms with Gasteiger partial charge < -0.3 is 25.4 Å². The summed E-state index contributed by atoms with van der Waals surface area (Å²) in [5.74, 6) is 1.57. The van der Waals surface area contributed by atoms with Gasteiger partial charge in [0, 0.05) is 52.5 Å². The van der Waals surface area contributed by atoms with Crippen LogP contribution in [0.4, 0.5) is 16.4 Å². The standard InChI is InChI=1S/C30H33BrN6O3/c1-18-10-11-21-22(8-5-9-24(21)32)26(18)39-27-23(15-19(31)16-34-27)25-12-13-33-28(36-25)35-20-7-6-14-37(17-20)29(38)40-30(2,3)4/h5,8-13,15-16,20H,6-7,14,17,32H2,1-4H3,(H,33,35,36). The van der Waals surface area contributed by atoms with Gasteiger partial charge in [-0.05, 0) is 80.2 Å². The first kappa shape index (κ1) is 27.6. The molecule has 3 heterocycles. The van der Waals surface area contributed by atoms with Crippen molar-refractivity contribution in [2.45, 2.75) is 52.2 Å². The minimum atomic E-state index is -0.538. The van der Waals surface area contributed by atoms with E-state index >= 15 is 0 Å². The number of hydrogen-bond donors (Lipinski definition) is 2. The molecule has 0 spiro atoms. The predicted molar refractivity (Wildman–Crippen MR) is 161 cm³/mol. The van der Waals surface area contributed by atoms with Crippen LogP contribution in [0.3, 0.4) is 0 Å². The number of amides is 1. The number of anilines is 2. The SMILES string of the molecule is Cc1ccc2c(N)cccc2c1Oc1ncc(Br)cc1-c1ccnc(NC2CCCN(C(=O)OC(C)(C)C)C2)n1. The van der Waals surface area contributed by atoms with Crippen LogP contribution in [-0.4, -0.2) is 50.7 Å². The van der Waals surface area contributed by atoms with Crippen LogP contribution in [0, 0.1) is 6.92 Å². The maximum Gasteiger partial charge on any atom is 0.410 e. The fraction of sp³-hybridized carbons (Fsp3) is 0.333. The number of ether oxygens (including phenoxy) is 2. The third-order valence-corrected chi connectivity index (χ3v) is 7.03. The van der Waals surface area contributed by atoms with Crippen molar-refractivity contribution in [3.63, 3.8) is 0 Å². The fourth-order valence-corrected chi connectivity index (χ4v) is 5.07. The number of halogens is 1. The minimum Gasteiger partial charge on any atom is -0.444 e. The second-order valence-corrected chi connectivity index (χ2v) is 11.9. The summed E-state index contributed by atoms with van der Waals surface area (Å²) in [6.07, 6.45) is 4.85. The molecule has 1 unspecified atom stereocenters. The molecule has 10 heteroatoms. The van der Waals surface area contributed by atoms with E-state index in [1.807, 2.05) is 70.2 Å². The van der Waals surface area contributed by atoms with Gasteiger partial charge in [-0.15, -0.1) is 0 Å². The van der Waals surface area contributed by atoms with E-state index in [2.05, 4.69) is 31.2 Å². The molecular weight excluding hydrogens is 572 g/mol. The molecule has 2 aromatic carbocycles. The first-order valence-electron chi connectivity index (χ1n) is 13.3. The normalized spacial score (nSPS) is 15.6. The lowest BCUT2D eigenvalue weighted by Gasteiger charge is -2.34. The Bertz CT molecular complexity index is 1550. The third kappa shape index (κ3) is 6.28. The van der Waals surface area contributed by atoms with E-state index in [1.54, 1.807) is 17.3 Å². The smallest absolute Gasteiger partial charge is 0.410 e. The van der Waals surface area contributed by atoms with Gasteiger partial charge in [0.05, 0.1) is 11.3 Å². The molecule has 1 aliphatic heterocycles. The second kappa shape index (κ2) is 11.3. The average Bonchev–Trinajstić information content (AvgIpc) is 2.90. The number of aryl methyl sites for hydroxylation is 1. The van der Waals surface area contributed by atoms with Gasteiger partial charge in [-0.2, -0.15) is 0 Å². The van der Waals surface area contributed by atoms with Gasteiger partial charge in [0.2, 0.25) is 11.8 Å². The summed E-state index contributed by atoms with van der Waals surface area (Å²) in [6, 6.07) is 13.5. The molecule has 1 saturated heterocycles. The van der Waals surface area contributed by atoms with Crippen LogP contribution in [0.5, 0.6) is 11.6 Å². The highest BCUT2D eigenvalue weighted by Crippen LogP contribution is 2.38. The number of likely N-dealkylation sites (tertiary alicyclic amines) is 1. The Morgan fingerprint density at radius 2 is 1.98 bits per heavy atom. The number of hydrogen-bond acceptors (Lipinski definition) is 8. The summed E-state index contributed by atoms with van der Waals surface area (Å²) in [4.78, 5) is 28.2. The average molecular weight is 606 g/mol. The van der Waals surface area contributed by atoms with Gasteiger partial charge in [0.25, 0.3) is 0 Å². The van der Waals surface area contributed by atoms with Crippen LogP contribution in [0.15, 0.2) is 59.3 Å². The van der Waals surface area contributed by atoms with Crippen LogP contribution in [-0.2, 0) is 4.74 Å². The number of nitrogens with one attached hydrogen (secondary N) is 1. The predicted octanol–water partition coefficient (Wildman–Crippen LogP) is 6.95. The highest BCUT2D eigenvalue weighted by Gasteiger charge is 2.28. The highest BCUT2D eigenvalue weighted by atomic mass is 79.9. The molecule has 2 aromatic heterocycles. The largest absolute Gasteiger partial charge is 0.444 e. The van der Waals surface area contributed by atoms with Crippen molar-refractivity contribution in [1.82, 2.24) is 19.9 Å². The summed E-state index contributed by atoms with van der Waals surface area (Å²) in [6.45, 7) is 8.78. The molecule has 0 bridgehead atoms. The molecule has 0 saturated carbocycles. The van der Waals surface area contributed by atoms with Crippen molar-refractivity contribution in [2.75, 3.05) is 24.1 Å². The molecule has 1 atom stereocenters. The van der Waals surface area contributed by atoms with Crippen molar-refractivity contribution in [2.24, 2.45) is 0 Å². The van der Waals surface area contributed by atoms with Crippen LogP contribution in [0.1, 0.15) is 39.2 Å². The molecule has 208 valence electrons. The third-order valence-electron chi connectivity index (χ3n) is 6.60. The number of nitrogen functional groups attached to an aromatic ring is 1. The number of benzene rings is 2. The summed E-state index contributed by atoms with van der Waals surface area (Å²) >= 11 is 3.54. The van der Waals surface area contributed by atoms with Crippen molar-refractivity contribution < 1.29 is 14.3 Å². The molecule has 0 radical (unpaired) electrons. The first-order valence-corrected chi connectivity index (χ1v) is 14.1. The lowest BCUT2D eigenvalue weighted by atomic mass is 10.0. The molecule has 3 N–H and O–H groups in total. The number of fused-ring (bicyclic) bond motifs is 1. The van der Waals surface area contributed by atoms with Gasteiger partial charge in [-0.3, -0.25) is 0 Å². The quantitative estimate of drug-likeness (QED) is 0.235. The number of carbonyl (C=O) groups excluding carboxylic acids is 1. The van der Waals surface area contributed by atoms with Gasteiger partial charge in [0.15, 0.2) is 0 Å². The number of nitrogens with two attached hydrogens (primary N) is 1. The zero-order valence-corrected chi connectivity index (χ0v) is 24.7. The van der Waals surface area contributed by atoms with Crippen molar-refractivity contribution in [1.29, 1.82) is 0 Å². The van der Waals surface area contributed by atoms with Gasteiger partial charge in [-0.25, -0.2) is 19.7 Å². The highest BCUT2D eigenvalue weighted by molar-refractivity contribution is 9.10. The first-order chi connectivity index (χ1) is 19.1. The van der Waals surface area contributed by atoms with Crippen LogP contribution >= 0.6 is 15.9 Å². The molecule has 4 aromatic rings. The molecule has 40 heavy (non-hydrogen) atoms. The van der Waals surface area contributed by atoms with E-state index in [0.717, 1.165) is 33.7 Å². The van der Waals surface area contributed by atoms with Crippen molar-refractivity contribution in [3.8, 4) is 22.9 Å². The maximum atomic E-state index is 12.6. The Labute approximate surface area is 242 Å². The number of aromatic nitrogens is 3. The van der Waals surface area contributed by atoms with Crippen LogP contribution < -0.4 is 15.8 Å². The van der Waals surface area contributed by atoms with Gasteiger partial charge in [-0.1, -0.05) is 24.3 Å². The van der Waals surface area contributed by atoms with Gasteiger partial charge in [0.1, 0.15) is 11.4 Å². The number of piperidine rings is 1. The Kier molecular flexibility index (Phi) is 7.80. The second-order valence-electron chi connectivity index (χ2n) is 10.9.